The van der Waals surface area contributed by atoms with Crippen molar-refractivity contribution in [3.8, 4) is 22.8 Å². The van der Waals surface area contributed by atoms with E-state index < -0.39 is 0 Å². The minimum absolute atomic E-state index is 0.297. The third kappa shape index (κ3) is 2.30. The molecule has 0 aliphatic carbocycles. The van der Waals surface area contributed by atoms with Crippen LogP contribution < -0.4 is 0 Å². The average molecular weight is 271 g/mol. The van der Waals surface area contributed by atoms with E-state index in [0.717, 1.165) is 11.1 Å². The van der Waals surface area contributed by atoms with Crippen LogP contribution in [0.5, 0.6) is 0 Å². The Morgan fingerprint density at radius 2 is 1.30 bits per heavy atom. The molecule has 100 valence electrons. The van der Waals surface area contributed by atoms with Crippen molar-refractivity contribution in [2.75, 3.05) is 0 Å². The Morgan fingerprint density at radius 3 is 1.85 bits per heavy atom. The van der Waals surface area contributed by atoms with Gasteiger partial charge in [0, 0.05) is 18.2 Å². The fourth-order valence-corrected chi connectivity index (χ4v) is 1.96. The maximum absolute atomic E-state index is 12.9. The van der Waals surface area contributed by atoms with E-state index >= 15 is 0 Å². The number of aryl methyl sites for hydroxylation is 1. The Labute approximate surface area is 114 Å². The van der Waals surface area contributed by atoms with Gasteiger partial charge in [0.25, 0.3) is 0 Å². The summed E-state index contributed by atoms with van der Waals surface area (Å²) in [6.07, 6.45) is 0. The molecule has 0 amide bonds. The van der Waals surface area contributed by atoms with Gasteiger partial charge in [-0.2, -0.15) is 5.10 Å². The van der Waals surface area contributed by atoms with Gasteiger partial charge in [0.15, 0.2) is 11.6 Å². The summed E-state index contributed by atoms with van der Waals surface area (Å²) in [6.45, 7) is 0. The van der Waals surface area contributed by atoms with Crippen LogP contribution in [0.4, 0.5) is 8.78 Å². The molecule has 5 heteroatoms. The lowest BCUT2D eigenvalue weighted by atomic mass is 10.2. The van der Waals surface area contributed by atoms with Crippen molar-refractivity contribution < 1.29 is 8.78 Å². The number of aromatic nitrogens is 3. The molecule has 2 aromatic carbocycles. The van der Waals surface area contributed by atoms with Gasteiger partial charge in [-0.1, -0.05) is 0 Å². The third-order valence-electron chi connectivity index (χ3n) is 2.97. The maximum atomic E-state index is 12.9. The Bertz CT molecular complexity index is 731. The first-order valence-electron chi connectivity index (χ1n) is 6.06. The molecule has 0 aliphatic rings. The topological polar surface area (TPSA) is 30.7 Å². The van der Waals surface area contributed by atoms with Gasteiger partial charge in [-0.25, -0.2) is 18.4 Å². The summed E-state index contributed by atoms with van der Waals surface area (Å²) in [4.78, 5) is 4.42. The van der Waals surface area contributed by atoms with Crippen LogP contribution >= 0.6 is 0 Å². The molecule has 0 saturated heterocycles. The van der Waals surface area contributed by atoms with Crippen molar-refractivity contribution in [3.63, 3.8) is 0 Å². The Kier molecular flexibility index (Phi) is 3.02. The third-order valence-corrected chi connectivity index (χ3v) is 2.97. The summed E-state index contributed by atoms with van der Waals surface area (Å²) >= 11 is 0. The molecule has 3 rings (SSSR count). The summed E-state index contributed by atoms with van der Waals surface area (Å²) < 4.78 is 27.5. The lowest BCUT2D eigenvalue weighted by Crippen LogP contribution is -1.94. The van der Waals surface area contributed by atoms with Gasteiger partial charge in [-0.05, 0) is 48.5 Å². The van der Waals surface area contributed by atoms with Crippen molar-refractivity contribution in [3.05, 3.63) is 60.2 Å². The number of benzene rings is 2. The molecular weight excluding hydrogens is 260 g/mol. The molecule has 0 fully saturated rings. The quantitative estimate of drug-likeness (QED) is 0.715. The Balaban J connectivity index is 2.02. The second kappa shape index (κ2) is 4.85. The number of hydrogen-bond acceptors (Lipinski definition) is 2. The van der Waals surface area contributed by atoms with E-state index in [-0.39, 0.29) is 11.6 Å². The van der Waals surface area contributed by atoms with Gasteiger partial charge in [-0.3, -0.25) is 0 Å². The van der Waals surface area contributed by atoms with Crippen LogP contribution in [0.3, 0.4) is 0 Å². The monoisotopic (exact) mass is 271 g/mol. The highest BCUT2D eigenvalue weighted by molar-refractivity contribution is 5.61. The largest absolute Gasteiger partial charge is 0.248 e. The van der Waals surface area contributed by atoms with Crippen LogP contribution in [0.25, 0.3) is 22.8 Å². The predicted molar refractivity (Wildman–Crippen MR) is 71.8 cm³/mol. The maximum Gasteiger partial charge on any atom is 0.181 e. The van der Waals surface area contributed by atoms with Crippen LogP contribution in [0.1, 0.15) is 0 Å². The van der Waals surface area contributed by atoms with Gasteiger partial charge >= 0.3 is 0 Å². The zero-order chi connectivity index (χ0) is 14.1. The zero-order valence-corrected chi connectivity index (χ0v) is 10.7. The summed E-state index contributed by atoms with van der Waals surface area (Å²) in [6, 6.07) is 12.0. The predicted octanol–water partition coefficient (Wildman–Crippen LogP) is 3.43. The Hall–Kier alpha value is -2.56. The lowest BCUT2D eigenvalue weighted by Gasteiger charge is -1.98. The van der Waals surface area contributed by atoms with Crippen LogP contribution in [-0.2, 0) is 7.05 Å². The number of hydrogen-bond donors (Lipinski definition) is 0. The van der Waals surface area contributed by atoms with E-state index in [0.29, 0.717) is 11.6 Å². The lowest BCUT2D eigenvalue weighted by molar-refractivity contribution is 0.627. The number of halogens is 2. The highest BCUT2D eigenvalue weighted by Crippen LogP contribution is 2.22. The molecule has 0 bridgehead atoms. The first kappa shape index (κ1) is 12.5. The van der Waals surface area contributed by atoms with Crippen molar-refractivity contribution in [1.82, 2.24) is 14.8 Å². The van der Waals surface area contributed by atoms with E-state index in [9.17, 15) is 8.78 Å². The van der Waals surface area contributed by atoms with Crippen molar-refractivity contribution in [1.29, 1.82) is 0 Å². The van der Waals surface area contributed by atoms with Crippen LogP contribution in [0.2, 0.25) is 0 Å². The van der Waals surface area contributed by atoms with Crippen LogP contribution in [0, 0.1) is 11.6 Å². The summed E-state index contributed by atoms with van der Waals surface area (Å²) in [5.41, 5.74) is 1.50. The van der Waals surface area contributed by atoms with Crippen molar-refractivity contribution in [2.45, 2.75) is 0 Å². The van der Waals surface area contributed by atoms with Crippen LogP contribution in [0.15, 0.2) is 48.5 Å². The molecule has 0 N–H and O–H groups in total. The number of rotatable bonds is 2. The molecule has 3 nitrogen and oxygen atoms in total. The molecule has 0 saturated carbocycles. The van der Waals surface area contributed by atoms with Gasteiger partial charge in [0.05, 0.1) is 0 Å². The van der Waals surface area contributed by atoms with Gasteiger partial charge in [0.2, 0.25) is 0 Å². The fourth-order valence-electron chi connectivity index (χ4n) is 1.96. The molecule has 0 aliphatic heterocycles. The standard InChI is InChI=1S/C15H11F2N3/c1-20-15(11-4-8-13(17)9-5-11)18-14(19-20)10-2-6-12(16)7-3-10/h2-9H,1H3. The highest BCUT2D eigenvalue weighted by atomic mass is 19.1. The van der Waals surface area contributed by atoms with Crippen LogP contribution in [-0.4, -0.2) is 14.8 Å². The van der Waals surface area contributed by atoms with E-state index in [2.05, 4.69) is 10.1 Å². The van der Waals surface area contributed by atoms with Crippen molar-refractivity contribution >= 4 is 0 Å². The molecule has 0 unspecified atom stereocenters. The molecule has 0 atom stereocenters. The average Bonchev–Trinajstić information content (AvgIpc) is 2.82. The van der Waals surface area contributed by atoms with Gasteiger partial charge in [-0.15, -0.1) is 0 Å². The molecule has 3 aromatic rings. The summed E-state index contributed by atoms with van der Waals surface area (Å²) in [5, 5.41) is 4.30. The first-order chi connectivity index (χ1) is 9.63. The second-order valence-electron chi connectivity index (χ2n) is 4.40. The minimum atomic E-state index is -0.302. The van der Waals surface area contributed by atoms with Crippen molar-refractivity contribution in [2.24, 2.45) is 7.05 Å². The SMILES string of the molecule is Cn1nc(-c2ccc(F)cc2)nc1-c1ccc(F)cc1. The molecule has 20 heavy (non-hydrogen) atoms. The molecule has 1 heterocycles. The second-order valence-corrected chi connectivity index (χ2v) is 4.40. The zero-order valence-electron chi connectivity index (χ0n) is 10.7. The molecular formula is C15H11F2N3. The smallest absolute Gasteiger partial charge is 0.181 e. The fraction of sp³-hybridized carbons (Fsp3) is 0.0667. The van der Waals surface area contributed by atoms with Gasteiger partial charge < -0.3 is 0 Å². The minimum Gasteiger partial charge on any atom is -0.248 e. The van der Waals surface area contributed by atoms with E-state index in [1.807, 2.05) is 0 Å². The first-order valence-corrected chi connectivity index (χ1v) is 6.06. The summed E-state index contributed by atoms with van der Waals surface area (Å²) in [7, 11) is 1.76. The van der Waals surface area contributed by atoms with Gasteiger partial charge in [0.1, 0.15) is 11.6 Å². The Morgan fingerprint density at radius 1 is 0.800 bits per heavy atom. The summed E-state index contributed by atoms with van der Waals surface area (Å²) in [5.74, 6) is 0.536. The normalized spacial score (nSPS) is 10.8. The van der Waals surface area contributed by atoms with E-state index in [1.165, 1.54) is 24.3 Å². The number of nitrogens with zero attached hydrogens (tertiary/aromatic N) is 3. The van der Waals surface area contributed by atoms with E-state index in [4.69, 9.17) is 0 Å². The van der Waals surface area contributed by atoms with E-state index in [1.54, 1.807) is 36.0 Å². The molecule has 0 spiro atoms. The molecule has 1 aromatic heterocycles. The molecule has 0 radical (unpaired) electrons. The highest BCUT2D eigenvalue weighted by Gasteiger charge is 2.11.